The van der Waals surface area contributed by atoms with E-state index < -0.39 is 0 Å². The van der Waals surface area contributed by atoms with Crippen LogP contribution in [0.25, 0.3) is 5.76 Å². The first kappa shape index (κ1) is 9.99. The van der Waals surface area contributed by atoms with Gasteiger partial charge in [-0.15, -0.1) is 10.2 Å². The number of halogens is 1. The molecular formula is C9H11ClN2O. The Morgan fingerprint density at radius 3 is 2.85 bits per heavy atom. The van der Waals surface area contributed by atoms with Crippen molar-refractivity contribution < 1.29 is 4.74 Å². The molecule has 13 heavy (non-hydrogen) atoms. The van der Waals surface area contributed by atoms with Crippen LogP contribution in [0.4, 0.5) is 0 Å². The van der Waals surface area contributed by atoms with Gasteiger partial charge < -0.3 is 4.74 Å². The summed E-state index contributed by atoms with van der Waals surface area (Å²) in [7, 11) is 0. The van der Waals surface area contributed by atoms with Crippen LogP contribution in [0.5, 0.6) is 0 Å². The molecular weight excluding hydrogens is 188 g/mol. The summed E-state index contributed by atoms with van der Waals surface area (Å²) in [5, 5.41) is 8.02. The summed E-state index contributed by atoms with van der Waals surface area (Å²) in [5.74, 6) is 0.523. The smallest absolute Gasteiger partial charge is 0.154 e. The molecule has 4 heteroatoms. The maximum absolute atomic E-state index is 5.72. The van der Waals surface area contributed by atoms with E-state index in [1.54, 1.807) is 6.07 Å². The highest BCUT2D eigenvalue weighted by Crippen LogP contribution is 2.15. The zero-order valence-corrected chi connectivity index (χ0v) is 8.43. The molecule has 1 aromatic heterocycles. The van der Waals surface area contributed by atoms with Gasteiger partial charge in [0.2, 0.25) is 0 Å². The lowest BCUT2D eigenvalue weighted by Crippen LogP contribution is -1.97. The van der Waals surface area contributed by atoms with Crippen molar-refractivity contribution in [2.75, 3.05) is 6.61 Å². The molecule has 0 atom stereocenters. The largest absolute Gasteiger partial charge is 0.492 e. The lowest BCUT2D eigenvalue weighted by molar-refractivity contribution is 0.297. The average Bonchev–Trinajstić information content (AvgIpc) is 2.10. The topological polar surface area (TPSA) is 35.0 Å². The number of nitrogens with zero attached hydrogens (tertiary/aromatic N) is 2. The Morgan fingerprint density at radius 1 is 1.62 bits per heavy atom. The standard InChI is InChI=1S/C9H11ClN2O/c1-4-13-7(3)8-5-6(2)9(10)12-11-8/h5H,3-4H2,1-2H3. The van der Waals surface area contributed by atoms with Crippen molar-refractivity contribution in [3.63, 3.8) is 0 Å². The molecule has 0 aliphatic rings. The Labute approximate surface area is 82.4 Å². The molecule has 1 aromatic rings. The monoisotopic (exact) mass is 198 g/mol. The van der Waals surface area contributed by atoms with Gasteiger partial charge in [0, 0.05) is 0 Å². The second kappa shape index (κ2) is 4.23. The van der Waals surface area contributed by atoms with E-state index in [1.807, 2.05) is 13.8 Å². The van der Waals surface area contributed by atoms with Gasteiger partial charge in [-0.3, -0.25) is 0 Å². The van der Waals surface area contributed by atoms with Crippen LogP contribution in [0.15, 0.2) is 12.6 Å². The molecule has 0 saturated carbocycles. The number of hydrogen-bond donors (Lipinski definition) is 0. The van der Waals surface area contributed by atoms with Gasteiger partial charge in [-0.2, -0.15) is 0 Å². The Bertz CT molecular complexity index is 325. The fourth-order valence-corrected chi connectivity index (χ4v) is 0.947. The molecule has 0 unspecified atom stereocenters. The van der Waals surface area contributed by atoms with E-state index in [2.05, 4.69) is 16.8 Å². The van der Waals surface area contributed by atoms with Crippen molar-refractivity contribution in [2.24, 2.45) is 0 Å². The number of rotatable bonds is 3. The summed E-state index contributed by atoms with van der Waals surface area (Å²) < 4.78 is 5.18. The third-order valence-electron chi connectivity index (χ3n) is 1.53. The van der Waals surface area contributed by atoms with Crippen molar-refractivity contribution >= 4 is 17.4 Å². The van der Waals surface area contributed by atoms with Gasteiger partial charge in [-0.05, 0) is 25.5 Å². The molecule has 0 aliphatic carbocycles. The molecule has 0 amide bonds. The first-order chi connectivity index (χ1) is 6.15. The summed E-state index contributed by atoms with van der Waals surface area (Å²) in [6.45, 7) is 8.04. The van der Waals surface area contributed by atoms with E-state index in [1.165, 1.54) is 0 Å². The van der Waals surface area contributed by atoms with E-state index in [0.29, 0.717) is 23.2 Å². The highest BCUT2D eigenvalue weighted by atomic mass is 35.5. The molecule has 0 spiro atoms. The van der Waals surface area contributed by atoms with E-state index in [9.17, 15) is 0 Å². The first-order valence-electron chi connectivity index (χ1n) is 3.97. The van der Waals surface area contributed by atoms with Crippen LogP contribution in [0, 0.1) is 6.92 Å². The summed E-state index contributed by atoms with van der Waals surface area (Å²) in [6, 6.07) is 1.80. The average molecular weight is 199 g/mol. The number of ether oxygens (including phenoxy) is 1. The molecule has 1 heterocycles. The summed E-state index contributed by atoms with van der Waals surface area (Å²) in [5.41, 5.74) is 1.50. The normalized spacial score (nSPS) is 9.77. The molecule has 1 rings (SSSR count). The van der Waals surface area contributed by atoms with Crippen LogP contribution in [-0.2, 0) is 4.74 Å². The number of aryl methyl sites for hydroxylation is 1. The van der Waals surface area contributed by atoms with Crippen LogP contribution in [0.1, 0.15) is 18.2 Å². The van der Waals surface area contributed by atoms with Crippen LogP contribution in [0.3, 0.4) is 0 Å². The molecule has 3 nitrogen and oxygen atoms in total. The second-order valence-electron chi connectivity index (χ2n) is 2.56. The van der Waals surface area contributed by atoms with Gasteiger partial charge in [-0.1, -0.05) is 18.2 Å². The Kier molecular flexibility index (Phi) is 3.25. The molecule has 0 aromatic carbocycles. The van der Waals surface area contributed by atoms with E-state index >= 15 is 0 Å². The van der Waals surface area contributed by atoms with Gasteiger partial charge in [0.05, 0.1) is 6.61 Å². The zero-order valence-electron chi connectivity index (χ0n) is 7.67. The second-order valence-corrected chi connectivity index (χ2v) is 2.92. The van der Waals surface area contributed by atoms with Gasteiger partial charge in [-0.25, -0.2) is 0 Å². The Hall–Kier alpha value is -1.09. The Balaban J connectivity index is 2.90. The lowest BCUT2D eigenvalue weighted by atomic mass is 10.2. The lowest BCUT2D eigenvalue weighted by Gasteiger charge is -2.05. The van der Waals surface area contributed by atoms with Crippen molar-refractivity contribution in [1.29, 1.82) is 0 Å². The fourth-order valence-electron chi connectivity index (χ4n) is 0.855. The summed E-state index contributed by atoms with van der Waals surface area (Å²) in [4.78, 5) is 0. The quantitative estimate of drug-likeness (QED) is 0.700. The van der Waals surface area contributed by atoms with Crippen LogP contribution in [-0.4, -0.2) is 16.8 Å². The predicted octanol–water partition coefficient (Wildman–Crippen LogP) is 2.45. The summed E-state index contributed by atoms with van der Waals surface area (Å²) >= 11 is 5.72. The maximum atomic E-state index is 5.72. The predicted molar refractivity (Wildman–Crippen MR) is 52.4 cm³/mol. The summed E-state index contributed by atoms with van der Waals surface area (Å²) in [6.07, 6.45) is 0. The van der Waals surface area contributed by atoms with Gasteiger partial charge >= 0.3 is 0 Å². The van der Waals surface area contributed by atoms with Gasteiger partial charge in [0.25, 0.3) is 0 Å². The molecule has 0 fully saturated rings. The fraction of sp³-hybridized carbons (Fsp3) is 0.333. The van der Waals surface area contributed by atoms with E-state index in [4.69, 9.17) is 16.3 Å². The number of hydrogen-bond acceptors (Lipinski definition) is 3. The highest BCUT2D eigenvalue weighted by molar-refractivity contribution is 6.30. The van der Waals surface area contributed by atoms with Crippen molar-refractivity contribution in [2.45, 2.75) is 13.8 Å². The number of aromatic nitrogens is 2. The molecule has 0 bridgehead atoms. The van der Waals surface area contributed by atoms with Gasteiger partial charge in [0.15, 0.2) is 5.15 Å². The third-order valence-corrected chi connectivity index (χ3v) is 1.90. The minimum atomic E-state index is 0.410. The van der Waals surface area contributed by atoms with E-state index in [0.717, 1.165) is 5.56 Å². The minimum absolute atomic E-state index is 0.410. The van der Waals surface area contributed by atoms with Gasteiger partial charge in [0.1, 0.15) is 11.5 Å². The molecule has 0 aliphatic heterocycles. The third kappa shape index (κ3) is 2.42. The van der Waals surface area contributed by atoms with E-state index in [-0.39, 0.29) is 0 Å². The highest BCUT2D eigenvalue weighted by Gasteiger charge is 2.04. The van der Waals surface area contributed by atoms with Crippen molar-refractivity contribution in [1.82, 2.24) is 10.2 Å². The zero-order chi connectivity index (χ0) is 9.84. The molecule has 0 saturated heterocycles. The molecule has 0 N–H and O–H groups in total. The SMILES string of the molecule is C=C(OCC)c1cc(C)c(Cl)nn1. The maximum Gasteiger partial charge on any atom is 0.154 e. The minimum Gasteiger partial charge on any atom is -0.492 e. The van der Waals surface area contributed by atoms with Crippen molar-refractivity contribution in [3.8, 4) is 0 Å². The first-order valence-corrected chi connectivity index (χ1v) is 4.34. The molecule has 70 valence electrons. The Morgan fingerprint density at radius 2 is 2.31 bits per heavy atom. The van der Waals surface area contributed by atoms with Crippen molar-refractivity contribution in [3.05, 3.63) is 29.1 Å². The van der Waals surface area contributed by atoms with Crippen LogP contribution >= 0.6 is 11.6 Å². The van der Waals surface area contributed by atoms with Crippen LogP contribution < -0.4 is 0 Å². The van der Waals surface area contributed by atoms with Crippen LogP contribution in [0.2, 0.25) is 5.15 Å². The molecule has 0 radical (unpaired) electrons.